The molecular weight excluding hydrogens is 118 g/mol. The van der Waals surface area contributed by atoms with Crippen molar-refractivity contribution in [2.75, 3.05) is 0 Å². The normalized spacial score (nSPS) is 10.0. The minimum atomic E-state index is 1.42. The van der Waals surface area contributed by atoms with Crippen LogP contribution in [0.3, 0.4) is 0 Å². The summed E-state index contributed by atoms with van der Waals surface area (Å²) < 4.78 is 3.03. The van der Waals surface area contributed by atoms with Gasteiger partial charge in [-0.3, -0.25) is 0 Å². The summed E-state index contributed by atoms with van der Waals surface area (Å²) in [5.41, 5.74) is 0. The quantitative estimate of drug-likeness (QED) is 0.392. The summed E-state index contributed by atoms with van der Waals surface area (Å²) in [6.45, 7) is 0. The van der Waals surface area contributed by atoms with Crippen LogP contribution in [0.25, 0.3) is 0 Å². The van der Waals surface area contributed by atoms with Crippen LogP contribution in [0.15, 0.2) is 0 Å². The summed E-state index contributed by atoms with van der Waals surface area (Å²) >= 11 is 2.83. The molecule has 0 rings (SSSR count). The molecule has 0 aromatic heterocycles. The molecule has 38 valence electrons. The Morgan fingerprint density at radius 2 is 1.00 bits per heavy atom. The summed E-state index contributed by atoms with van der Waals surface area (Å²) in [5, 5.41) is 0. The van der Waals surface area contributed by atoms with Gasteiger partial charge in [0.05, 0.1) is 0 Å². The van der Waals surface area contributed by atoms with Gasteiger partial charge >= 0.3 is 88.9 Å². The van der Waals surface area contributed by atoms with Gasteiger partial charge in [0.2, 0.25) is 0 Å². The van der Waals surface area contributed by atoms with E-state index in [0.29, 0.717) is 0 Å². The van der Waals surface area contributed by atoms with Crippen LogP contribution in [0, 0.1) is 0 Å². The SMILES string of the molecule is [Na][CH2]CCCC[CH2][Na]. The molecule has 0 radical (unpaired) electrons. The molecular formula is C6H12Na2. The Bertz CT molecular complexity index is 31.5. The van der Waals surface area contributed by atoms with Crippen molar-refractivity contribution in [2.45, 2.75) is 33.0 Å². The van der Waals surface area contributed by atoms with E-state index in [4.69, 9.17) is 0 Å². The van der Waals surface area contributed by atoms with Gasteiger partial charge in [-0.05, 0) is 0 Å². The van der Waals surface area contributed by atoms with E-state index >= 15 is 0 Å². The third kappa shape index (κ3) is 8.00. The van der Waals surface area contributed by atoms with Crippen LogP contribution in [0.1, 0.15) is 25.7 Å². The fourth-order valence-corrected chi connectivity index (χ4v) is 1.85. The predicted molar refractivity (Wildman–Crippen MR) is 39.6 cm³/mol. The van der Waals surface area contributed by atoms with Gasteiger partial charge in [0.25, 0.3) is 0 Å². The maximum absolute atomic E-state index is 1.52. The summed E-state index contributed by atoms with van der Waals surface area (Å²) in [5.74, 6) is 0. The minimum absolute atomic E-state index is 1.42. The van der Waals surface area contributed by atoms with Gasteiger partial charge in [0, 0.05) is 0 Å². The molecule has 0 aliphatic carbocycles. The number of hydrogen-bond acceptors (Lipinski definition) is 0. The van der Waals surface area contributed by atoms with E-state index in [1.807, 2.05) is 0 Å². The van der Waals surface area contributed by atoms with Crippen molar-refractivity contribution < 1.29 is 0 Å². The van der Waals surface area contributed by atoms with E-state index in [1.54, 1.807) is 0 Å². The molecule has 0 unspecified atom stereocenters. The first-order valence-corrected chi connectivity index (χ1v) is 6.74. The fourth-order valence-electron chi connectivity index (χ4n) is 0.854. The summed E-state index contributed by atoms with van der Waals surface area (Å²) in [6, 6.07) is 0. The van der Waals surface area contributed by atoms with E-state index < -0.39 is 0 Å². The maximum atomic E-state index is 1.52. The molecule has 0 heterocycles. The average molecular weight is 130 g/mol. The van der Waals surface area contributed by atoms with Crippen molar-refractivity contribution in [2.24, 2.45) is 0 Å². The van der Waals surface area contributed by atoms with Crippen molar-refractivity contribution in [1.82, 2.24) is 0 Å². The van der Waals surface area contributed by atoms with Crippen LogP contribution in [0.4, 0.5) is 0 Å². The first kappa shape index (κ1) is 10.0. The van der Waals surface area contributed by atoms with E-state index in [2.05, 4.69) is 0 Å². The monoisotopic (exact) mass is 130 g/mol. The summed E-state index contributed by atoms with van der Waals surface area (Å²) in [7, 11) is 0. The summed E-state index contributed by atoms with van der Waals surface area (Å²) in [6.07, 6.45) is 6.03. The zero-order valence-corrected chi connectivity index (χ0v) is 10.2. The molecule has 0 fully saturated rings. The Morgan fingerprint density at radius 3 is 1.25 bits per heavy atom. The molecule has 0 bridgehead atoms. The molecule has 0 amide bonds. The molecule has 0 saturated carbocycles. The third-order valence-corrected chi connectivity index (χ3v) is 2.87. The van der Waals surface area contributed by atoms with Gasteiger partial charge in [-0.25, -0.2) is 0 Å². The Kier molecular flexibility index (Phi) is 11.2. The first-order chi connectivity index (χ1) is 3.91. The third-order valence-electron chi connectivity index (χ3n) is 1.46. The first-order valence-electron chi connectivity index (χ1n) is 3.91. The van der Waals surface area contributed by atoms with E-state index in [-0.39, 0.29) is 0 Å². The van der Waals surface area contributed by atoms with Gasteiger partial charge in [0.1, 0.15) is 0 Å². The van der Waals surface area contributed by atoms with Gasteiger partial charge in [-0.2, -0.15) is 0 Å². The number of hydrogen-bond donors (Lipinski definition) is 0. The van der Waals surface area contributed by atoms with E-state index in [0.717, 1.165) is 0 Å². The van der Waals surface area contributed by atoms with Crippen LogP contribution < -0.4 is 0 Å². The Hall–Kier alpha value is 2.00. The van der Waals surface area contributed by atoms with Crippen molar-refractivity contribution in [1.29, 1.82) is 0 Å². The predicted octanol–water partition coefficient (Wildman–Crippen LogP) is 1.72. The van der Waals surface area contributed by atoms with Gasteiger partial charge < -0.3 is 0 Å². The molecule has 0 aromatic rings. The van der Waals surface area contributed by atoms with Crippen LogP contribution in [0.5, 0.6) is 0 Å². The van der Waals surface area contributed by atoms with Gasteiger partial charge in [-0.1, -0.05) is 0 Å². The second kappa shape index (κ2) is 9.00. The van der Waals surface area contributed by atoms with Crippen LogP contribution >= 0.6 is 0 Å². The second-order valence-corrected chi connectivity index (χ2v) is 4.41. The topological polar surface area (TPSA) is 0 Å². The Morgan fingerprint density at radius 1 is 0.625 bits per heavy atom. The molecule has 2 heteroatoms. The van der Waals surface area contributed by atoms with Crippen LogP contribution in [-0.2, 0) is 0 Å². The van der Waals surface area contributed by atoms with Gasteiger partial charge in [0.15, 0.2) is 0 Å². The van der Waals surface area contributed by atoms with E-state index in [1.165, 1.54) is 88.9 Å². The number of rotatable bonds is 5. The fraction of sp³-hybridized carbons (Fsp3) is 1.00. The number of unbranched alkanes of at least 4 members (excludes halogenated alkanes) is 3. The molecule has 8 heavy (non-hydrogen) atoms. The molecule has 0 N–H and O–H groups in total. The Balaban J connectivity index is 2.53. The molecule has 0 aromatic carbocycles. The standard InChI is InChI=1S/C6H12.2Na/c1-3-5-6-4-2;;/h1-6H2;;. The van der Waals surface area contributed by atoms with Crippen LogP contribution in [0.2, 0.25) is 7.34 Å². The van der Waals surface area contributed by atoms with Crippen molar-refractivity contribution >= 4 is 55.9 Å². The van der Waals surface area contributed by atoms with Crippen molar-refractivity contribution in [3.63, 3.8) is 0 Å². The molecule has 0 nitrogen and oxygen atoms in total. The van der Waals surface area contributed by atoms with Crippen molar-refractivity contribution in [3.8, 4) is 0 Å². The van der Waals surface area contributed by atoms with Crippen molar-refractivity contribution in [3.05, 3.63) is 0 Å². The Labute approximate surface area is 87.6 Å². The second-order valence-electron chi connectivity index (χ2n) is 2.41. The molecule has 0 aliphatic rings. The van der Waals surface area contributed by atoms with Gasteiger partial charge in [-0.15, -0.1) is 0 Å². The average Bonchev–Trinajstić information content (AvgIpc) is 1.81. The molecule has 0 saturated heterocycles. The molecule has 0 aliphatic heterocycles. The van der Waals surface area contributed by atoms with Crippen LogP contribution in [-0.4, -0.2) is 55.9 Å². The summed E-state index contributed by atoms with van der Waals surface area (Å²) in [4.78, 5) is 0. The zero-order chi connectivity index (χ0) is 6.24. The molecule has 0 spiro atoms. The molecule has 0 atom stereocenters. The zero-order valence-electron chi connectivity index (χ0n) is 6.24. The van der Waals surface area contributed by atoms with E-state index in [9.17, 15) is 0 Å².